The Morgan fingerprint density at radius 2 is 1.44 bits per heavy atom. The Balaban J connectivity index is 1.50. The van der Waals surface area contributed by atoms with Crippen molar-refractivity contribution in [3.05, 3.63) is 108 Å². The first kappa shape index (κ1) is 26.6. The average Bonchev–Trinajstić information content (AvgIpc) is 3.26. The topological polar surface area (TPSA) is 60.2 Å². The van der Waals surface area contributed by atoms with E-state index in [0.29, 0.717) is 11.6 Å². The second-order valence-corrected chi connectivity index (χ2v) is 12.6. The highest BCUT2D eigenvalue weighted by Crippen LogP contribution is 2.38. The fourth-order valence-electron chi connectivity index (χ4n) is 5.20. The maximum atomic E-state index is 10.6. The molecule has 0 aliphatic carbocycles. The summed E-state index contributed by atoms with van der Waals surface area (Å²) in [5.74, 6) is 2.21. The van der Waals surface area contributed by atoms with Gasteiger partial charge in [-0.25, -0.2) is 4.98 Å². The second-order valence-electron chi connectivity index (χ2n) is 12.6. The number of ether oxygens (including phenoxy) is 1. The van der Waals surface area contributed by atoms with E-state index in [2.05, 4.69) is 88.6 Å². The molecule has 5 heteroatoms. The van der Waals surface area contributed by atoms with Gasteiger partial charge in [-0.3, -0.25) is 4.57 Å². The number of para-hydroxylation sites is 2. The van der Waals surface area contributed by atoms with Crippen molar-refractivity contribution in [1.29, 1.82) is 0 Å². The van der Waals surface area contributed by atoms with Crippen molar-refractivity contribution in [3.8, 4) is 34.3 Å². The van der Waals surface area contributed by atoms with E-state index < -0.39 is 0 Å². The van der Waals surface area contributed by atoms with Gasteiger partial charge in [0, 0.05) is 28.6 Å². The molecule has 206 valence electrons. The molecule has 0 unspecified atom stereocenters. The minimum Gasteiger partial charge on any atom is -0.507 e. The van der Waals surface area contributed by atoms with Crippen molar-refractivity contribution >= 4 is 21.9 Å². The predicted octanol–water partition coefficient (Wildman–Crippen LogP) is 9.33. The largest absolute Gasteiger partial charge is 0.507 e. The van der Waals surface area contributed by atoms with Crippen LogP contribution in [0.15, 0.2) is 97.2 Å². The van der Waals surface area contributed by atoms with Gasteiger partial charge in [0.25, 0.3) is 0 Å². The summed E-state index contributed by atoms with van der Waals surface area (Å²) in [6, 6.07) is 30.0. The molecule has 41 heavy (non-hydrogen) atoms. The average molecular weight is 542 g/mol. The minimum absolute atomic E-state index is 0.0128. The third kappa shape index (κ3) is 5.04. The highest BCUT2D eigenvalue weighted by molar-refractivity contribution is 6.07. The second kappa shape index (κ2) is 9.77. The SMILES string of the molecule is CC(C)(C)c1cc(Oc2ccc3c4ccccc4n(-c4cc(C(C)(C)C)ccn4)c3n2)cc(-c2ccccc2O)c1. The molecule has 0 saturated heterocycles. The number of rotatable bonds is 4. The molecule has 6 aromatic rings. The maximum Gasteiger partial charge on any atom is 0.221 e. The van der Waals surface area contributed by atoms with E-state index in [1.165, 1.54) is 5.56 Å². The number of phenols is 1. The highest BCUT2D eigenvalue weighted by atomic mass is 16.5. The Kier molecular flexibility index (Phi) is 6.33. The van der Waals surface area contributed by atoms with Crippen LogP contribution in [-0.2, 0) is 10.8 Å². The summed E-state index contributed by atoms with van der Waals surface area (Å²) >= 11 is 0. The Labute approximate surface area is 241 Å². The number of aromatic hydroxyl groups is 1. The van der Waals surface area contributed by atoms with Crippen LogP contribution in [0, 0.1) is 0 Å². The van der Waals surface area contributed by atoms with Crippen LogP contribution >= 0.6 is 0 Å². The molecule has 0 saturated carbocycles. The van der Waals surface area contributed by atoms with Crippen molar-refractivity contribution in [1.82, 2.24) is 14.5 Å². The van der Waals surface area contributed by atoms with Crippen LogP contribution < -0.4 is 4.74 Å². The van der Waals surface area contributed by atoms with Gasteiger partial charge in [0.15, 0.2) is 5.65 Å². The van der Waals surface area contributed by atoms with E-state index in [-0.39, 0.29) is 16.6 Å². The Bertz CT molecular complexity index is 1910. The quantitative estimate of drug-likeness (QED) is 0.242. The van der Waals surface area contributed by atoms with Gasteiger partial charge >= 0.3 is 0 Å². The lowest BCUT2D eigenvalue weighted by molar-refractivity contribution is 0.461. The Morgan fingerprint density at radius 1 is 0.707 bits per heavy atom. The lowest BCUT2D eigenvalue weighted by Crippen LogP contribution is -2.12. The predicted molar refractivity (Wildman–Crippen MR) is 167 cm³/mol. The summed E-state index contributed by atoms with van der Waals surface area (Å²) in [7, 11) is 0. The number of hydrogen-bond acceptors (Lipinski definition) is 4. The third-order valence-electron chi connectivity index (χ3n) is 7.55. The molecule has 0 fully saturated rings. The van der Waals surface area contributed by atoms with E-state index >= 15 is 0 Å². The standard InChI is InChI=1S/C36H35N3O2/c1-35(2,3)24-17-18-37-32(22-24)39-30-13-9-7-12-28(30)29-15-16-33(38-34(29)39)41-26-20-23(19-25(21-26)36(4,5)6)27-11-8-10-14-31(27)40/h7-22,40H,1-6H3. The van der Waals surface area contributed by atoms with E-state index in [4.69, 9.17) is 14.7 Å². The van der Waals surface area contributed by atoms with E-state index in [0.717, 1.165) is 44.4 Å². The van der Waals surface area contributed by atoms with E-state index in [9.17, 15) is 5.11 Å². The fourth-order valence-corrected chi connectivity index (χ4v) is 5.20. The van der Waals surface area contributed by atoms with Crippen molar-refractivity contribution in [2.45, 2.75) is 52.4 Å². The summed E-state index contributed by atoms with van der Waals surface area (Å²) < 4.78 is 8.58. The minimum atomic E-state index is -0.119. The number of benzene rings is 3. The van der Waals surface area contributed by atoms with Gasteiger partial charge in [0.05, 0.1) is 5.52 Å². The first-order valence-electron chi connectivity index (χ1n) is 14.0. The zero-order chi connectivity index (χ0) is 28.9. The molecule has 0 aliphatic heterocycles. The normalized spacial score (nSPS) is 12.2. The zero-order valence-electron chi connectivity index (χ0n) is 24.4. The van der Waals surface area contributed by atoms with Crippen LogP contribution in [0.3, 0.4) is 0 Å². The molecule has 1 N–H and O–H groups in total. The molecule has 0 amide bonds. The van der Waals surface area contributed by atoms with Crippen molar-refractivity contribution in [3.63, 3.8) is 0 Å². The van der Waals surface area contributed by atoms with Crippen molar-refractivity contribution in [2.24, 2.45) is 0 Å². The summed E-state index contributed by atoms with van der Waals surface area (Å²) in [4.78, 5) is 9.80. The molecule has 5 nitrogen and oxygen atoms in total. The summed E-state index contributed by atoms with van der Waals surface area (Å²) in [6.07, 6.45) is 1.87. The van der Waals surface area contributed by atoms with E-state index in [1.807, 2.05) is 48.7 Å². The number of pyridine rings is 2. The van der Waals surface area contributed by atoms with Gasteiger partial charge in [-0.1, -0.05) is 84.0 Å². The smallest absolute Gasteiger partial charge is 0.221 e. The van der Waals surface area contributed by atoms with Crippen LogP contribution in [-0.4, -0.2) is 19.6 Å². The van der Waals surface area contributed by atoms with Gasteiger partial charge in [0.1, 0.15) is 17.3 Å². The van der Waals surface area contributed by atoms with Crippen LogP contribution in [0.2, 0.25) is 0 Å². The number of nitrogens with zero attached hydrogens (tertiary/aromatic N) is 3. The first-order valence-corrected chi connectivity index (χ1v) is 14.0. The molecule has 3 aromatic carbocycles. The van der Waals surface area contributed by atoms with Crippen LogP contribution in [0.25, 0.3) is 38.9 Å². The Morgan fingerprint density at radius 3 is 2.20 bits per heavy atom. The molecule has 0 radical (unpaired) electrons. The maximum absolute atomic E-state index is 10.6. The fraction of sp³-hybridized carbons (Fsp3) is 0.222. The van der Waals surface area contributed by atoms with Gasteiger partial charge < -0.3 is 9.84 Å². The van der Waals surface area contributed by atoms with E-state index in [1.54, 1.807) is 6.07 Å². The number of fused-ring (bicyclic) bond motifs is 3. The zero-order valence-corrected chi connectivity index (χ0v) is 24.4. The van der Waals surface area contributed by atoms with Crippen molar-refractivity contribution in [2.75, 3.05) is 0 Å². The molecule has 3 aromatic heterocycles. The Hall–Kier alpha value is -4.64. The summed E-state index contributed by atoms with van der Waals surface area (Å²) in [5, 5.41) is 12.7. The monoisotopic (exact) mass is 541 g/mol. The lowest BCUT2D eigenvalue weighted by Gasteiger charge is -2.21. The van der Waals surface area contributed by atoms with Crippen LogP contribution in [0.1, 0.15) is 52.7 Å². The van der Waals surface area contributed by atoms with Gasteiger partial charge in [-0.05, 0) is 70.0 Å². The molecule has 0 aliphatic rings. The molecule has 0 spiro atoms. The summed E-state index contributed by atoms with van der Waals surface area (Å²) in [6.45, 7) is 13.1. The van der Waals surface area contributed by atoms with Gasteiger partial charge in [-0.15, -0.1) is 0 Å². The lowest BCUT2D eigenvalue weighted by atomic mass is 9.85. The molecular weight excluding hydrogens is 506 g/mol. The molecule has 0 bridgehead atoms. The molecule has 3 heterocycles. The van der Waals surface area contributed by atoms with Gasteiger partial charge in [0.2, 0.25) is 5.88 Å². The van der Waals surface area contributed by atoms with Gasteiger partial charge in [-0.2, -0.15) is 4.98 Å². The molecular formula is C36H35N3O2. The summed E-state index contributed by atoms with van der Waals surface area (Å²) in [5.41, 5.74) is 5.66. The van der Waals surface area contributed by atoms with Crippen molar-refractivity contribution < 1.29 is 9.84 Å². The molecule has 6 rings (SSSR count). The number of hydrogen-bond donors (Lipinski definition) is 1. The molecule has 0 atom stereocenters. The number of aromatic nitrogens is 3. The number of phenolic OH excluding ortho intramolecular Hbond substituents is 1. The van der Waals surface area contributed by atoms with Crippen LogP contribution in [0.5, 0.6) is 17.4 Å². The van der Waals surface area contributed by atoms with Crippen LogP contribution in [0.4, 0.5) is 0 Å². The first-order chi connectivity index (χ1) is 19.5. The third-order valence-corrected chi connectivity index (χ3v) is 7.55. The highest BCUT2D eigenvalue weighted by Gasteiger charge is 2.20.